The van der Waals surface area contributed by atoms with Crippen molar-refractivity contribution in [3.63, 3.8) is 0 Å². The Hall–Kier alpha value is -1.91. The average Bonchev–Trinajstić information content (AvgIpc) is 2.89. The molecule has 0 amide bonds. The van der Waals surface area contributed by atoms with Crippen molar-refractivity contribution in [3.8, 4) is 0 Å². The molecule has 1 heteroatoms. The summed E-state index contributed by atoms with van der Waals surface area (Å²) in [6, 6.07) is 28.5. The number of benzene rings is 3. The van der Waals surface area contributed by atoms with Crippen molar-refractivity contribution >= 4 is 23.2 Å². The van der Waals surface area contributed by atoms with E-state index in [0.29, 0.717) is 0 Å². The SMILES string of the molecule is CCCCCCCCCCCCCC[PH](c1ccc(C)cc1)(c1ccc(C)cc1)c1ccc(C)cc1. The van der Waals surface area contributed by atoms with E-state index in [2.05, 4.69) is 100 Å². The van der Waals surface area contributed by atoms with Gasteiger partial charge in [0, 0.05) is 0 Å². The summed E-state index contributed by atoms with van der Waals surface area (Å²) in [4.78, 5) is 0. The van der Waals surface area contributed by atoms with Crippen LogP contribution in [0.4, 0.5) is 0 Å². The van der Waals surface area contributed by atoms with Gasteiger partial charge in [0.25, 0.3) is 0 Å². The number of aryl methyl sites for hydroxylation is 3. The molecule has 0 spiro atoms. The Bertz CT molecular complexity index is 871. The van der Waals surface area contributed by atoms with Crippen LogP contribution in [0.5, 0.6) is 0 Å². The summed E-state index contributed by atoms with van der Waals surface area (Å²) >= 11 is 0. The Labute approximate surface area is 223 Å². The summed E-state index contributed by atoms with van der Waals surface area (Å²) in [6.45, 7) is 8.91. The van der Waals surface area contributed by atoms with Crippen LogP contribution >= 0.6 is 7.26 Å². The third-order valence-electron chi connectivity index (χ3n) is 8.04. The third-order valence-corrected chi connectivity index (χ3v) is 13.1. The quantitative estimate of drug-likeness (QED) is 0.135. The second-order valence-corrected chi connectivity index (χ2v) is 15.2. The van der Waals surface area contributed by atoms with Gasteiger partial charge in [-0.25, -0.2) is 0 Å². The maximum atomic E-state index is 2.43. The Morgan fingerprint density at radius 1 is 0.389 bits per heavy atom. The van der Waals surface area contributed by atoms with Crippen LogP contribution in [0.25, 0.3) is 0 Å². The molecule has 0 aliphatic heterocycles. The zero-order chi connectivity index (χ0) is 25.6. The first-order valence-corrected chi connectivity index (χ1v) is 17.0. The van der Waals surface area contributed by atoms with E-state index in [1.54, 1.807) is 15.9 Å². The van der Waals surface area contributed by atoms with Crippen molar-refractivity contribution in [1.82, 2.24) is 0 Å². The summed E-state index contributed by atoms with van der Waals surface area (Å²) in [7, 11) is -2.09. The van der Waals surface area contributed by atoms with E-state index < -0.39 is 7.26 Å². The average molecular weight is 503 g/mol. The molecule has 0 aromatic heterocycles. The zero-order valence-corrected chi connectivity index (χ0v) is 24.6. The van der Waals surface area contributed by atoms with Crippen molar-refractivity contribution in [2.24, 2.45) is 0 Å². The minimum absolute atomic E-state index is 1.29. The molecule has 36 heavy (non-hydrogen) atoms. The van der Waals surface area contributed by atoms with E-state index in [9.17, 15) is 0 Å². The van der Waals surface area contributed by atoms with E-state index in [-0.39, 0.29) is 0 Å². The molecule has 0 unspecified atom stereocenters. The summed E-state index contributed by atoms with van der Waals surface area (Å²) in [6.07, 6.45) is 18.1. The summed E-state index contributed by atoms with van der Waals surface area (Å²) in [5, 5.41) is 4.68. The second kappa shape index (κ2) is 15.4. The molecule has 0 saturated heterocycles. The second-order valence-electron chi connectivity index (χ2n) is 11.1. The van der Waals surface area contributed by atoms with Crippen LogP contribution in [0.2, 0.25) is 0 Å². The predicted octanol–water partition coefficient (Wildman–Crippen LogP) is 9.34. The van der Waals surface area contributed by atoms with E-state index in [4.69, 9.17) is 0 Å². The van der Waals surface area contributed by atoms with Gasteiger partial charge in [0.15, 0.2) is 0 Å². The van der Waals surface area contributed by atoms with Crippen molar-refractivity contribution < 1.29 is 0 Å². The molecular formula is C35H51P. The molecule has 3 aromatic rings. The molecule has 196 valence electrons. The van der Waals surface area contributed by atoms with E-state index in [1.807, 2.05) is 0 Å². The molecule has 0 nitrogen and oxygen atoms in total. The van der Waals surface area contributed by atoms with E-state index in [1.165, 1.54) is 99.9 Å². The summed E-state index contributed by atoms with van der Waals surface area (Å²) < 4.78 is 0. The predicted molar refractivity (Wildman–Crippen MR) is 167 cm³/mol. The molecule has 0 saturated carbocycles. The van der Waals surface area contributed by atoms with Gasteiger partial charge >= 0.3 is 210 Å². The van der Waals surface area contributed by atoms with Gasteiger partial charge in [0.05, 0.1) is 0 Å². The molecule has 0 radical (unpaired) electrons. The number of rotatable bonds is 16. The molecule has 0 atom stereocenters. The molecule has 3 rings (SSSR count). The molecule has 0 fully saturated rings. The molecule has 0 aliphatic rings. The van der Waals surface area contributed by atoms with Crippen LogP contribution in [0.3, 0.4) is 0 Å². The molecule has 3 aromatic carbocycles. The topological polar surface area (TPSA) is 0 Å². The molecule has 0 heterocycles. The van der Waals surface area contributed by atoms with E-state index in [0.717, 1.165) is 0 Å². The van der Waals surface area contributed by atoms with Gasteiger partial charge in [-0.15, -0.1) is 0 Å². The minimum atomic E-state index is -2.09. The monoisotopic (exact) mass is 502 g/mol. The zero-order valence-electron chi connectivity index (χ0n) is 23.6. The first-order valence-electron chi connectivity index (χ1n) is 14.8. The number of unbranched alkanes of at least 4 members (excludes halogenated alkanes) is 11. The van der Waals surface area contributed by atoms with Crippen LogP contribution in [-0.4, -0.2) is 6.16 Å². The third kappa shape index (κ3) is 8.31. The van der Waals surface area contributed by atoms with Gasteiger partial charge in [-0.3, -0.25) is 0 Å². The Morgan fingerprint density at radius 3 is 0.972 bits per heavy atom. The van der Waals surface area contributed by atoms with Crippen molar-refractivity contribution in [3.05, 3.63) is 89.5 Å². The number of hydrogen-bond acceptors (Lipinski definition) is 0. The Morgan fingerprint density at radius 2 is 0.667 bits per heavy atom. The van der Waals surface area contributed by atoms with Crippen LogP contribution in [-0.2, 0) is 0 Å². The fourth-order valence-corrected chi connectivity index (χ4v) is 10.5. The van der Waals surface area contributed by atoms with E-state index >= 15 is 0 Å². The Balaban J connectivity index is 1.69. The fraction of sp³-hybridized carbons (Fsp3) is 0.486. The van der Waals surface area contributed by atoms with Gasteiger partial charge in [-0.1, -0.05) is 13.3 Å². The molecular weight excluding hydrogens is 451 g/mol. The van der Waals surface area contributed by atoms with Crippen LogP contribution in [0, 0.1) is 20.8 Å². The Kier molecular flexibility index (Phi) is 12.2. The van der Waals surface area contributed by atoms with Gasteiger partial charge in [-0.05, 0) is 0 Å². The molecule has 0 N–H and O–H groups in total. The first kappa shape index (κ1) is 28.7. The van der Waals surface area contributed by atoms with Crippen LogP contribution in [0.1, 0.15) is 101 Å². The van der Waals surface area contributed by atoms with Crippen molar-refractivity contribution in [2.45, 2.75) is 105 Å². The van der Waals surface area contributed by atoms with Gasteiger partial charge < -0.3 is 0 Å². The van der Waals surface area contributed by atoms with Gasteiger partial charge in [0.1, 0.15) is 0 Å². The first-order chi connectivity index (χ1) is 17.6. The molecule has 0 aliphatic carbocycles. The number of hydrogen-bond donors (Lipinski definition) is 0. The van der Waals surface area contributed by atoms with Crippen molar-refractivity contribution in [2.75, 3.05) is 6.16 Å². The fourth-order valence-electron chi connectivity index (χ4n) is 5.68. The van der Waals surface area contributed by atoms with Gasteiger partial charge in [0.2, 0.25) is 0 Å². The summed E-state index contributed by atoms with van der Waals surface area (Å²) in [5.74, 6) is 0. The summed E-state index contributed by atoms with van der Waals surface area (Å²) in [5.41, 5.74) is 4.04. The van der Waals surface area contributed by atoms with Crippen LogP contribution in [0.15, 0.2) is 72.8 Å². The maximum absolute atomic E-state index is 2.43. The van der Waals surface area contributed by atoms with Crippen LogP contribution < -0.4 is 15.9 Å². The van der Waals surface area contributed by atoms with Crippen molar-refractivity contribution in [1.29, 1.82) is 0 Å². The normalized spacial score (nSPS) is 12.1. The van der Waals surface area contributed by atoms with Gasteiger partial charge in [-0.2, -0.15) is 0 Å². The standard InChI is InChI=1S/C35H51P/c1-5-6-7-8-9-10-11-12-13-14-15-16-29-36(33-23-17-30(2)18-24-33,34-25-19-31(3)20-26-34)35-27-21-32(4)22-28-35/h17-28,36H,5-16,29H2,1-4H3. The molecule has 0 bridgehead atoms.